The molecule has 0 aliphatic heterocycles. The molecule has 1 rings (SSSR count). The molecule has 0 spiro atoms. The fraction of sp³-hybridized carbons (Fsp3) is 0.529. The first-order valence-electron chi connectivity index (χ1n) is 7.41. The van der Waals surface area contributed by atoms with E-state index in [9.17, 15) is 9.59 Å². The summed E-state index contributed by atoms with van der Waals surface area (Å²) >= 11 is 0. The highest BCUT2D eigenvalue weighted by Crippen LogP contribution is 2.16. The van der Waals surface area contributed by atoms with Crippen LogP contribution in [0.1, 0.15) is 31.4 Å². The molecule has 122 valence electrons. The monoisotopic (exact) mass is 307 g/mol. The quantitative estimate of drug-likeness (QED) is 0.786. The minimum Gasteiger partial charge on any atom is -0.493 e. The Morgan fingerprint density at radius 3 is 2.23 bits per heavy atom. The zero-order chi connectivity index (χ0) is 16.7. The summed E-state index contributed by atoms with van der Waals surface area (Å²) in [5.74, 6) is 0.0578. The molecule has 1 amide bonds. The van der Waals surface area contributed by atoms with E-state index in [-0.39, 0.29) is 24.9 Å². The van der Waals surface area contributed by atoms with Crippen molar-refractivity contribution in [2.75, 3.05) is 13.7 Å². The molecule has 1 aromatic carbocycles. The van der Waals surface area contributed by atoms with Gasteiger partial charge in [-0.2, -0.15) is 0 Å². The predicted octanol–water partition coefficient (Wildman–Crippen LogP) is 2.39. The van der Waals surface area contributed by atoms with Crippen LogP contribution in [0.4, 0.5) is 0 Å². The number of ether oxygens (including phenoxy) is 2. The Morgan fingerprint density at radius 1 is 1.14 bits per heavy atom. The number of hydrogen-bond acceptors (Lipinski definition) is 4. The average molecular weight is 307 g/mol. The van der Waals surface area contributed by atoms with Crippen molar-refractivity contribution < 1.29 is 19.1 Å². The normalized spacial score (nSPS) is 11.9. The number of aryl methyl sites for hydroxylation is 2. The molecule has 0 aliphatic rings. The van der Waals surface area contributed by atoms with Crippen molar-refractivity contribution in [3.63, 3.8) is 0 Å². The molecule has 0 saturated carbocycles. The van der Waals surface area contributed by atoms with Crippen LogP contribution >= 0.6 is 0 Å². The molecule has 22 heavy (non-hydrogen) atoms. The second-order valence-corrected chi connectivity index (χ2v) is 5.73. The van der Waals surface area contributed by atoms with E-state index < -0.39 is 12.0 Å². The summed E-state index contributed by atoms with van der Waals surface area (Å²) in [6.07, 6.45) is 0.188. The van der Waals surface area contributed by atoms with Crippen LogP contribution in [0.15, 0.2) is 18.2 Å². The van der Waals surface area contributed by atoms with Gasteiger partial charge < -0.3 is 14.8 Å². The second kappa shape index (κ2) is 8.41. The molecule has 1 atom stereocenters. The van der Waals surface area contributed by atoms with Gasteiger partial charge in [0.25, 0.3) is 0 Å². The lowest BCUT2D eigenvalue weighted by Crippen LogP contribution is -2.45. The molecular weight excluding hydrogens is 282 g/mol. The highest BCUT2D eigenvalue weighted by molar-refractivity contribution is 5.84. The lowest BCUT2D eigenvalue weighted by molar-refractivity contribution is -0.146. The largest absolute Gasteiger partial charge is 0.493 e. The van der Waals surface area contributed by atoms with E-state index in [0.717, 1.165) is 16.9 Å². The molecule has 0 aliphatic carbocycles. The summed E-state index contributed by atoms with van der Waals surface area (Å²) in [5, 5.41) is 2.68. The Balaban J connectivity index is 2.47. The standard InChI is InChI=1S/C17H25NO4/c1-11(2)16(17(20)21-5)18-15(19)6-7-22-14-9-12(3)8-13(4)10-14/h8-11,16H,6-7H2,1-5H3,(H,18,19). The first kappa shape index (κ1) is 18.0. The summed E-state index contributed by atoms with van der Waals surface area (Å²) in [6, 6.07) is 5.29. The number of amides is 1. The first-order chi connectivity index (χ1) is 10.3. The maximum atomic E-state index is 11.9. The summed E-state index contributed by atoms with van der Waals surface area (Å²) in [4.78, 5) is 23.5. The van der Waals surface area contributed by atoms with E-state index in [1.807, 2.05) is 39.8 Å². The van der Waals surface area contributed by atoms with Gasteiger partial charge in [0, 0.05) is 0 Å². The number of nitrogens with one attached hydrogen (secondary N) is 1. The number of esters is 1. The molecular formula is C17H25NO4. The van der Waals surface area contributed by atoms with Crippen molar-refractivity contribution in [1.82, 2.24) is 5.32 Å². The molecule has 0 fully saturated rings. The van der Waals surface area contributed by atoms with Gasteiger partial charge in [0.2, 0.25) is 5.91 Å². The molecule has 1 aromatic rings. The fourth-order valence-corrected chi connectivity index (χ4v) is 2.15. The Morgan fingerprint density at radius 2 is 1.73 bits per heavy atom. The number of benzene rings is 1. The minimum absolute atomic E-state index is 0.0308. The molecule has 5 heteroatoms. The zero-order valence-corrected chi connectivity index (χ0v) is 13.9. The van der Waals surface area contributed by atoms with Crippen LogP contribution in [0, 0.1) is 19.8 Å². The van der Waals surface area contributed by atoms with Crippen LogP contribution in [0.25, 0.3) is 0 Å². The molecule has 0 heterocycles. The Hall–Kier alpha value is -2.04. The first-order valence-corrected chi connectivity index (χ1v) is 7.41. The molecule has 0 radical (unpaired) electrons. The molecule has 0 aromatic heterocycles. The summed E-state index contributed by atoms with van der Waals surface area (Å²) in [6.45, 7) is 7.97. The van der Waals surface area contributed by atoms with Gasteiger partial charge in [-0.25, -0.2) is 4.79 Å². The molecule has 0 bridgehead atoms. The van der Waals surface area contributed by atoms with Gasteiger partial charge in [-0.05, 0) is 43.0 Å². The van der Waals surface area contributed by atoms with Gasteiger partial charge in [0.05, 0.1) is 20.1 Å². The van der Waals surface area contributed by atoms with Crippen LogP contribution in [-0.4, -0.2) is 31.6 Å². The lowest BCUT2D eigenvalue weighted by atomic mass is 10.0. The number of carbonyl (C=O) groups is 2. The predicted molar refractivity (Wildman–Crippen MR) is 84.8 cm³/mol. The third-order valence-electron chi connectivity index (χ3n) is 3.23. The zero-order valence-electron chi connectivity index (χ0n) is 13.9. The van der Waals surface area contributed by atoms with Gasteiger partial charge in [-0.3, -0.25) is 4.79 Å². The third-order valence-corrected chi connectivity index (χ3v) is 3.23. The van der Waals surface area contributed by atoms with Crippen molar-refractivity contribution in [3.05, 3.63) is 29.3 Å². The van der Waals surface area contributed by atoms with Crippen molar-refractivity contribution >= 4 is 11.9 Å². The highest BCUT2D eigenvalue weighted by atomic mass is 16.5. The van der Waals surface area contributed by atoms with Gasteiger partial charge in [-0.1, -0.05) is 19.9 Å². The van der Waals surface area contributed by atoms with Gasteiger partial charge in [-0.15, -0.1) is 0 Å². The van der Waals surface area contributed by atoms with Crippen molar-refractivity contribution in [2.24, 2.45) is 5.92 Å². The van der Waals surface area contributed by atoms with E-state index in [1.54, 1.807) is 0 Å². The average Bonchev–Trinajstić information content (AvgIpc) is 2.42. The number of rotatable bonds is 7. The maximum Gasteiger partial charge on any atom is 0.328 e. The van der Waals surface area contributed by atoms with E-state index >= 15 is 0 Å². The summed E-state index contributed by atoms with van der Waals surface area (Å²) in [5.41, 5.74) is 2.23. The summed E-state index contributed by atoms with van der Waals surface area (Å²) in [7, 11) is 1.31. The molecule has 5 nitrogen and oxygen atoms in total. The Bertz CT molecular complexity index is 505. The second-order valence-electron chi connectivity index (χ2n) is 5.73. The minimum atomic E-state index is -0.626. The topological polar surface area (TPSA) is 64.6 Å². The number of hydrogen-bond donors (Lipinski definition) is 1. The Labute approximate surface area is 132 Å². The van der Waals surface area contributed by atoms with Gasteiger partial charge >= 0.3 is 5.97 Å². The van der Waals surface area contributed by atoms with E-state index in [0.29, 0.717) is 0 Å². The molecule has 1 unspecified atom stereocenters. The van der Waals surface area contributed by atoms with Crippen LogP contribution in [0.2, 0.25) is 0 Å². The van der Waals surface area contributed by atoms with E-state index in [2.05, 4.69) is 16.1 Å². The van der Waals surface area contributed by atoms with Crippen molar-refractivity contribution in [3.8, 4) is 5.75 Å². The lowest BCUT2D eigenvalue weighted by Gasteiger charge is -2.19. The smallest absolute Gasteiger partial charge is 0.328 e. The van der Waals surface area contributed by atoms with E-state index in [4.69, 9.17) is 4.74 Å². The van der Waals surface area contributed by atoms with Crippen LogP contribution in [-0.2, 0) is 14.3 Å². The van der Waals surface area contributed by atoms with Crippen molar-refractivity contribution in [2.45, 2.75) is 40.2 Å². The van der Waals surface area contributed by atoms with E-state index in [1.165, 1.54) is 7.11 Å². The number of methoxy groups -OCH3 is 1. The third kappa shape index (κ3) is 5.76. The van der Waals surface area contributed by atoms with Crippen molar-refractivity contribution in [1.29, 1.82) is 0 Å². The van der Waals surface area contributed by atoms with Crippen LogP contribution < -0.4 is 10.1 Å². The number of carbonyl (C=O) groups excluding carboxylic acids is 2. The SMILES string of the molecule is COC(=O)C(NC(=O)CCOc1cc(C)cc(C)c1)C(C)C. The van der Waals surface area contributed by atoms with Gasteiger partial charge in [0.15, 0.2) is 0 Å². The maximum absolute atomic E-state index is 11.9. The summed E-state index contributed by atoms with van der Waals surface area (Å²) < 4.78 is 10.3. The van der Waals surface area contributed by atoms with Crippen LogP contribution in [0.3, 0.4) is 0 Å². The highest BCUT2D eigenvalue weighted by Gasteiger charge is 2.24. The van der Waals surface area contributed by atoms with Crippen LogP contribution in [0.5, 0.6) is 5.75 Å². The van der Waals surface area contributed by atoms with Gasteiger partial charge in [0.1, 0.15) is 11.8 Å². The fourth-order valence-electron chi connectivity index (χ4n) is 2.15. The molecule has 0 saturated heterocycles. The molecule has 1 N–H and O–H groups in total. The Kier molecular flexibility index (Phi) is 6.89.